The largest absolute Gasteiger partial charge is 0.496 e. The molecule has 4 aromatic rings. The van der Waals surface area contributed by atoms with Gasteiger partial charge in [-0.25, -0.2) is 4.79 Å². The Bertz CT molecular complexity index is 2270. The first-order valence-electron chi connectivity index (χ1n) is 20.1. The van der Waals surface area contributed by atoms with Crippen molar-refractivity contribution in [1.29, 1.82) is 0 Å². The van der Waals surface area contributed by atoms with E-state index in [1.807, 2.05) is 43.5 Å². The number of rotatable bonds is 11. The van der Waals surface area contributed by atoms with Crippen LogP contribution >= 0.6 is 0 Å². The molecule has 3 aromatic carbocycles. The van der Waals surface area contributed by atoms with Crippen molar-refractivity contribution < 1.29 is 43.5 Å². The average molecular weight is 775 g/mol. The molecule has 4 N–H and O–H groups in total. The lowest BCUT2D eigenvalue weighted by molar-refractivity contribution is -0.141. The van der Waals surface area contributed by atoms with Gasteiger partial charge >= 0.3 is 5.97 Å². The maximum atomic E-state index is 13.6. The smallest absolute Gasteiger partial charge is 0.375 e. The standard InChI is InChI=1S/C46H50N2O9/c1-4-55-45(52)44-34(24-49)39(29-12-15-37(51)32(21-29)27-11-14-36-28(20-27)16-18-48-36)40-42(54-3)33-23-38(56-41(33)35(25-50)43(40)57-44)46(2,53)30-17-19-47-31(22-30)13-10-26-8-6-5-7-9-26/h5-9,11,14,16,18,20,24,30-32,38,47-48,50,53H,4,10,12-13,15,17,19,21-23,25H2,1-3H3/b39-29-/t30-,31-,32+,38+,46-/m1/s1. The number of aryl methyl sites for hydroxylation is 1. The highest BCUT2D eigenvalue weighted by atomic mass is 16.6. The second kappa shape index (κ2) is 16.0. The quantitative estimate of drug-likeness (QED) is 0.0991. The van der Waals surface area contributed by atoms with Gasteiger partial charge in [0.15, 0.2) is 6.29 Å². The number of ether oxygens (including phenoxy) is 4. The number of allylic oxidation sites excluding steroid dienone is 3. The number of esters is 1. The number of hydrogen-bond donors (Lipinski definition) is 4. The third-order valence-electron chi connectivity index (χ3n) is 12.6. The van der Waals surface area contributed by atoms with Crippen molar-refractivity contribution >= 4 is 34.5 Å². The number of aromatic nitrogens is 1. The van der Waals surface area contributed by atoms with E-state index >= 15 is 0 Å². The highest BCUT2D eigenvalue weighted by Gasteiger charge is 2.49. The first-order chi connectivity index (χ1) is 27.7. The molecule has 0 radical (unpaired) electrons. The number of benzene rings is 3. The molecule has 298 valence electrons. The van der Waals surface area contributed by atoms with Crippen LogP contribution in [0.25, 0.3) is 16.5 Å². The van der Waals surface area contributed by atoms with Gasteiger partial charge in [0.05, 0.1) is 37.0 Å². The topological polar surface area (TPSA) is 156 Å². The van der Waals surface area contributed by atoms with Crippen molar-refractivity contribution in [2.75, 3.05) is 20.3 Å². The molecule has 57 heavy (non-hydrogen) atoms. The zero-order chi connectivity index (χ0) is 39.8. The summed E-state index contributed by atoms with van der Waals surface area (Å²) in [4.78, 5) is 43.5. The molecule has 3 aliphatic heterocycles. The van der Waals surface area contributed by atoms with E-state index in [-0.39, 0.29) is 59.8 Å². The minimum atomic E-state index is -1.26. The number of aromatic amines is 1. The normalized spacial score (nSPS) is 24.3. The van der Waals surface area contributed by atoms with Gasteiger partial charge in [0.25, 0.3) is 0 Å². The highest BCUT2D eigenvalue weighted by Crippen LogP contribution is 2.57. The molecule has 1 saturated heterocycles. The van der Waals surface area contributed by atoms with Crippen molar-refractivity contribution in [3.05, 3.63) is 106 Å². The molecule has 0 spiro atoms. The summed E-state index contributed by atoms with van der Waals surface area (Å²) in [6.45, 7) is 3.78. The number of fused-ring (bicyclic) bond motifs is 3. The number of nitrogens with one attached hydrogen (secondary N) is 2. The summed E-state index contributed by atoms with van der Waals surface area (Å²) in [7, 11) is 1.52. The van der Waals surface area contributed by atoms with Crippen LogP contribution in [0.3, 0.4) is 0 Å². The van der Waals surface area contributed by atoms with E-state index in [4.69, 9.17) is 18.9 Å². The van der Waals surface area contributed by atoms with Gasteiger partial charge in [0.1, 0.15) is 34.7 Å². The number of piperidine rings is 1. The Morgan fingerprint density at radius 2 is 1.91 bits per heavy atom. The average Bonchev–Trinajstić information content (AvgIpc) is 3.90. The summed E-state index contributed by atoms with van der Waals surface area (Å²) in [6, 6.07) is 18.5. The number of hydrogen-bond acceptors (Lipinski definition) is 10. The SMILES string of the molecule is CCOC(=O)C1=C(C=O)/C(=C2\CCC(=O)[C@H](c3ccc4[nH]ccc4c3)C2)c2c(OC)c3c(c(CO)c2O1)O[C@H]([C@](C)(O)[C@@H]1CCN[C@H](CCc2ccccc2)C1)C3. The predicted octanol–water partition coefficient (Wildman–Crippen LogP) is 6.42. The second-order valence-corrected chi connectivity index (χ2v) is 15.8. The van der Waals surface area contributed by atoms with Crippen LogP contribution < -0.4 is 19.5 Å². The number of carbonyl (C=O) groups excluding carboxylic acids is 3. The number of Topliss-reactive ketones (excluding diaryl/α,β-unsaturated/α-hetero) is 1. The van der Waals surface area contributed by atoms with E-state index in [1.165, 1.54) is 12.7 Å². The van der Waals surface area contributed by atoms with Gasteiger partial charge in [0.2, 0.25) is 5.76 Å². The van der Waals surface area contributed by atoms with Crippen LogP contribution in [0.4, 0.5) is 0 Å². The molecule has 0 unspecified atom stereocenters. The minimum absolute atomic E-state index is 0.00834. The molecule has 11 nitrogen and oxygen atoms in total. The van der Waals surface area contributed by atoms with Gasteiger partial charge < -0.3 is 39.5 Å². The first-order valence-corrected chi connectivity index (χ1v) is 20.1. The number of ketones is 1. The molecular formula is C46H50N2O9. The number of H-pyrrole nitrogens is 1. The molecule has 8 rings (SSSR count). The molecule has 2 fully saturated rings. The van der Waals surface area contributed by atoms with Crippen LogP contribution in [-0.4, -0.2) is 71.2 Å². The predicted molar refractivity (Wildman–Crippen MR) is 214 cm³/mol. The fourth-order valence-electron chi connectivity index (χ4n) is 9.49. The maximum Gasteiger partial charge on any atom is 0.375 e. The van der Waals surface area contributed by atoms with Crippen LogP contribution in [0.5, 0.6) is 17.2 Å². The van der Waals surface area contributed by atoms with E-state index in [2.05, 4.69) is 34.6 Å². The molecule has 0 bridgehead atoms. The minimum Gasteiger partial charge on any atom is -0.496 e. The third-order valence-corrected chi connectivity index (χ3v) is 12.6. The molecule has 1 saturated carbocycles. The maximum absolute atomic E-state index is 13.6. The first kappa shape index (κ1) is 38.6. The zero-order valence-electron chi connectivity index (χ0n) is 32.7. The molecule has 5 atom stereocenters. The molecule has 4 aliphatic rings. The van der Waals surface area contributed by atoms with Gasteiger partial charge in [-0.15, -0.1) is 0 Å². The van der Waals surface area contributed by atoms with Crippen LogP contribution in [0, 0.1) is 5.92 Å². The van der Waals surface area contributed by atoms with Crippen LogP contribution in [-0.2, 0) is 38.6 Å². The molecule has 1 aliphatic carbocycles. The van der Waals surface area contributed by atoms with Crippen molar-refractivity contribution in [2.24, 2.45) is 5.92 Å². The van der Waals surface area contributed by atoms with Gasteiger partial charge in [-0.2, -0.15) is 0 Å². The summed E-state index contributed by atoms with van der Waals surface area (Å²) >= 11 is 0. The second-order valence-electron chi connectivity index (χ2n) is 15.8. The number of aliphatic hydroxyl groups excluding tert-OH is 1. The van der Waals surface area contributed by atoms with E-state index in [9.17, 15) is 24.6 Å². The van der Waals surface area contributed by atoms with Gasteiger partial charge in [-0.05, 0) is 99.5 Å². The lowest BCUT2D eigenvalue weighted by Gasteiger charge is -2.42. The highest BCUT2D eigenvalue weighted by molar-refractivity contribution is 6.11. The summed E-state index contributed by atoms with van der Waals surface area (Å²) in [5.74, 6) is -0.810. The molecule has 4 heterocycles. The van der Waals surface area contributed by atoms with Crippen LogP contribution in [0.15, 0.2) is 77.7 Å². The molecule has 0 amide bonds. The monoisotopic (exact) mass is 774 g/mol. The summed E-state index contributed by atoms with van der Waals surface area (Å²) in [5, 5.41) is 28.1. The third kappa shape index (κ3) is 7.06. The van der Waals surface area contributed by atoms with E-state index in [1.54, 1.807) is 6.92 Å². The molecule has 11 heteroatoms. The van der Waals surface area contributed by atoms with Gasteiger partial charge in [0, 0.05) is 47.7 Å². The van der Waals surface area contributed by atoms with Crippen molar-refractivity contribution in [3.8, 4) is 17.2 Å². The summed E-state index contributed by atoms with van der Waals surface area (Å²) in [5.41, 5.74) is 4.35. The van der Waals surface area contributed by atoms with Gasteiger partial charge in [-0.3, -0.25) is 9.59 Å². The van der Waals surface area contributed by atoms with Crippen LogP contribution in [0.2, 0.25) is 0 Å². The summed E-state index contributed by atoms with van der Waals surface area (Å²) < 4.78 is 24.6. The van der Waals surface area contributed by atoms with Crippen molar-refractivity contribution in [1.82, 2.24) is 10.3 Å². The van der Waals surface area contributed by atoms with Crippen molar-refractivity contribution in [3.63, 3.8) is 0 Å². The Morgan fingerprint density at radius 1 is 1.09 bits per heavy atom. The number of aldehydes is 1. The Hall–Kier alpha value is -5.23. The molecule has 1 aromatic heterocycles. The number of carbonyl (C=O) groups is 3. The Labute approximate surface area is 332 Å². The molecular weight excluding hydrogens is 725 g/mol. The zero-order valence-corrected chi connectivity index (χ0v) is 32.7. The number of aliphatic hydroxyl groups is 2. The van der Waals surface area contributed by atoms with Crippen molar-refractivity contribution in [2.45, 2.75) is 95.5 Å². The van der Waals surface area contributed by atoms with E-state index < -0.39 is 30.2 Å². The fraction of sp³-hybridized carbons (Fsp3) is 0.413. The lowest BCUT2D eigenvalue weighted by Crippen LogP contribution is -2.53. The van der Waals surface area contributed by atoms with E-state index in [0.717, 1.165) is 54.3 Å². The Balaban J connectivity index is 1.19. The summed E-state index contributed by atoms with van der Waals surface area (Å²) in [6.07, 6.45) is 6.29. The fourth-order valence-corrected chi connectivity index (χ4v) is 9.49. The number of methoxy groups -OCH3 is 1. The van der Waals surface area contributed by atoms with E-state index in [0.29, 0.717) is 47.3 Å². The van der Waals surface area contributed by atoms with Gasteiger partial charge in [-0.1, -0.05) is 42.0 Å². The Kier molecular flexibility index (Phi) is 10.8. The lowest BCUT2D eigenvalue weighted by atomic mass is 9.74. The van der Waals surface area contributed by atoms with Crippen LogP contribution in [0.1, 0.15) is 86.1 Å². The Morgan fingerprint density at radius 3 is 2.67 bits per heavy atom.